The number of ether oxygens (including phenoxy) is 1. The molecule has 0 saturated heterocycles. The van der Waals surface area contributed by atoms with Crippen molar-refractivity contribution >= 4 is 0 Å². The normalized spacial score (nSPS) is 12.6. The van der Waals surface area contributed by atoms with E-state index in [1.165, 1.54) is 128 Å². The molecule has 0 rings (SSSR count). The van der Waals surface area contributed by atoms with E-state index in [4.69, 9.17) is 4.74 Å². The zero-order valence-corrected chi connectivity index (χ0v) is 19.5. The highest BCUT2D eigenvalue weighted by Gasteiger charge is 2.09. The third kappa shape index (κ3) is 22.1. The van der Waals surface area contributed by atoms with Crippen LogP contribution in [-0.2, 0) is 4.74 Å². The predicted molar refractivity (Wildman–Crippen MR) is 124 cm³/mol. The maximum absolute atomic E-state index is 5.98. The van der Waals surface area contributed by atoms with Gasteiger partial charge in [0.15, 0.2) is 0 Å². The number of rotatable bonds is 23. The van der Waals surface area contributed by atoms with Gasteiger partial charge in [0, 0.05) is 13.2 Å². The van der Waals surface area contributed by atoms with Crippen molar-refractivity contribution in [2.24, 2.45) is 5.92 Å². The van der Waals surface area contributed by atoms with Crippen molar-refractivity contribution in [3.05, 3.63) is 0 Å². The fourth-order valence-electron chi connectivity index (χ4n) is 3.94. The highest BCUT2D eigenvalue weighted by molar-refractivity contribution is 4.61. The van der Waals surface area contributed by atoms with Crippen LogP contribution in [0.5, 0.6) is 0 Å². The number of unbranched alkanes of at least 4 members (excludes halogenated alkanes) is 15. The van der Waals surface area contributed by atoms with Crippen LogP contribution in [0.2, 0.25) is 0 Å². The van der Waals surface area contributed by atoms with Crippen LogP contribution in [0.3, 0.4) is 0 Å². The Labute approximate surface area is 173 Å². The van der Waals surface area contributed by atoms with E-state index in [1.54, 1.807) is 0 Å². The Balaban J connectivity index is 3.69. The van der Waals surface area contributed by atoms with Gasteiger partial charge in [0.05, 0.1) is 0 Å². The molecule has 0 amide bonds. The Morgan fingerprint density at radius 1 is 0.444 bits per heavy atom. The van der Waals surface area contributed by atoms with Gasteiger partial charge in [-0.2, -0.15) is 0 Å². The Kier molecular flexibility index (Phi) is 24.0. The molecule has 0 heterocycles. The molecule has 1 unspecified atom stereocenters. The van der Waals surface area contributed by atoms with Gasteiger partial charge < -0.3 is 4.74 Å². The van der Waals surface area contributed by atoms with Gasteiger partial charge >= 0.3 is 0 Å². The van der Waals surface area contributed by atoms with Crippen molar-refractivity contribution in [1.29, 1.82) is 0 Å². The summed E-state index contributed by atoms with van der Waals surface area (Å²) < 4.78 is 5.98. The summed E-state index contributed by atoms with van der Waals surface area (Å²) in [5.74, 6) is 0.821. The molecule has 0 spiro atoms. The second kappa shape index (κ2) is 24.0. The van der Waals surface area contributed by atoms with E-state index in [9.17, 15) is 0 Å². The van der Waals surface area contributed by atoms with E-state index in [2.05, 4.69) is 20.8 Å². The Morgan fingerprint density at radius 3 is 1.22 bits per heavy atom. The average Bonchev–Trinajstić information content (AvgIpc) is 2.68. The summed E-state index contributed by atoms with van der Waals surface area (Å²) >= 11 is 0. The summed E-state index contributed by atoms with van der Waals surface area (Å²) in [5.41, 5.74) is 0. The quantitative estimate of drug-likeness (QED) is 0.160. The third-order valence-electron chi connectivity index (χ3n) is 5.93. The fourth-order valence-corrected chi connectivity index (χ4v) is 3.94. The zero-order chi connectivity index (χ0) is 19.8. The minimum atomic E-state index is 0.821. The van der Waals surface area contributed by atoms with E-state index >= 15 is 0 Å². The molecular formula is C26H54O. The highest BCUT2D eigenvalue weighted by Crippen LogP contribution is 2.20. The van der Waals surface area contributed by atoms with Crippen LogP contribution in [0.4, 0.5) is 0 Å². The summed E-state index contributed by atoms with van der Waals surface area (Å²) in [6, 6.07) is 0. The van der Waals surface area contributed by atoms with E-state index < -0.39 is 0 Å². The lowest BCUT2D eigenvalue weighted by Crippen LogP contribution is -2.11. The standard InChI is InChI=1S/C26H54O/c1-4-7-10-12-14-15-17-19-21-23-26(25-27-24-9-6-3)22-20-18-16-13-11-8-5-2/h26H,4-25H2,1-3H3. The van der Waals surface area contributed by atoms with Gasteiger partial charge in [-0.1, -0.05) is 130 Å². The first kappa shape index (κ1) is 27.0. The average molecular weight is 383 g/mol. The predicted octanol–water partition coefficient (Wildman–Crippen LogP) is 9.48. The van der Waals surface area contributed by atoms with Crippen LogP contribution in [0.1, 0.15) is 149 Å². The van der Waals surface area contributed by atoms with E-state index in [-0.39, 0.29) is 0 Å². The van der Waals surface area contributed by atoms with Crippen molar-refractivity contribution in [1.82, 2.24) is 0 Å². The minimum absolute atomic E-state index is 0.821. The SMILES string of the molecule is CCCCCCCCCCCC(CCCCCCCCC)COCCCC. The minimum Gasteiger partial charge on any atom is -0.381 e. The highest BCUT2D eigenvalue weighted by atomic mass is 16.5. The topological polar surface area (TPSA) is 9.23 Å². The molecule has 0 aromatic heterocycles. The molecule has 0 N–H and O–H groups in total. The Hall–Kier alpha value is -0.0400. The van der Waals surface area contributed by atoms with Crippen LogP contribution in [-0.4, -0.2) is 13.2 Å². The van der Waals surface area contributed by atoms with Crippen LogP contribution in [0.25, 0.3) is 0 Å². The maximum atomic E-state index is 5.98. The molecular weight excluding hydrogens is 328 g/mol. The molecule has 0 radical (unpaired) electrons. The zero-order valence-electron chi connectivity index (χ0n) is 19.5. The first-order chi connectivity index (χ1) is 13.3. The summed E-state index contributed by atoms with van der Waals surface area (Å²) in [5, 5.41) is 0. The van der Waals surface area contributed by atoms with Crippen molar-refractivity contribution in [2.45, 2.75) is 149 Å². The molecule has 0 aliphatic heterocycles. The second-order valence-corrected chi connectivity index (χ2v) is 8.82. The third-order valence-corrected chi connectivity index (χ3v) is 5.93. The first-order valence-electron chi connectivity index (χ1n) is 12.9. The van der Waals surface area contributed by atoms with Crippen molar-refractivity contribution in [3.63, 3.8) is 0 Å². The van der Waals surface area contributed by atoms with E-state index in [1.807, 2.05) is 0 Å². The van der Waals surface area contributed by atoms with Crippen molar-refractivity contribution < 1.29 is 4.74 Å². The van der Waals surface area contributed by atoms with Crippen molar-refractivity contribution in [3.8, 4) is 0 Å². The lowest BCUT2D eigenvalue weighted by Gasteiger charge is -2.17. The smallest absolute Gasteiger partial charge is 0.0494 e. The van der Waals surface area contributed by atoms with Crippen molar-refractivity contribution in [2.75, 3.05) is 13.2 Å². The summed E-state index contributed by atoms with van der Waals surface area (Å²) in [6.45, 7) is 8.85. The van der Waals surface area contributed by atoms with Gasteiger partial charge in [-0.05, 0) is 25.2 Å². The molecule has 0 bridgehead atoms. The largest absolute Gasteiger partial charge is 0.381 e. The molecule has 1 nitrogen and oxygen atoms in total. The molecule has 27 heavy (non-hydrogen) atoms. The molecule has 1 atom stereocenters. The molecule has 0 aliphatic rings. The molecule has 164 valence electrons. The van der Waals surface area contributed by atoms with Gasteiger partial charge in [0.1, 0.15) is 0 Å². The summed E-state index contributed by atoms with van der Waals surface area (Å²) in [7, 11) is 0. The lowest BCUT2D eigenvalue weighted by atomic mass is 9.94. The Morgan fingerprint density at radius 2 is 0.815 bits per heavy atom. The molecule has 1 heteroatoms. The van der Waals surface area contributed by atoms with Gasteiger partial charge in [-0.15, -0.1) is 0 Å². The number of hydrogen-bond acceptors (Lipinski definition) is 1. The van der Waals surface area contributed by atoms with Gasteiger partial charge in [0.25, 0.3) is 0 Å². The molecule has 0 fully saturated rings. The molecule has 0 saturated carbocycles. The van der Waals surface area contributed by atoms with Crippen LogP contribution >= 0.6 is 0 Å². The molecule has 0 aromatic carbocycles. The van der Waals surface area contributed by atoms with Crippen LogP contribution < -0.4 is 0 Å². The first-order valence-corrected chi connectivity index (χ1v) is 12.9. The monoisotopic (exact) mass is 382 g/mol. The molecule has 0 aromatic rings. The van der Waals surface area contributed by atoms with Crippen LogP contribution in [0.15, 0.2) is 0 Å². The van der Waals surface area contributed by atoms with Gasteiger partial charge in [-0.25, -0.2) is 0 Å². The fraction of sp³-hybridized carbons (Fsp3) is 1.00. The maximum Gasteiger partial charge on any atom is 0.0494 e. The second-order valence-electron chi connectivity index (χ2n) is 8.82. The summed E-state index contributed by atoms with van der Waals surface area (Å²) in [4.78, 5) is 0. The summed E-state index contributed by atoms with van der Waals surface area (Å²) in [6.07, 6.45) is 28.2. The van der Waals surface area contributed by atoms with E-state index in [0.717, 1.165) is 19.1 Å². The number of hydrogen-bond donors (Lipinski definition) is 0. The van der Waals surface area contributed by atoms with Gasteiger partial charge in [-0.3, -0.25) is 0 Å². The lowest BCUT2D eigenvalue weighted by molar-refractivity contribution is 0.0888. The van der Waals surface area contributed by atoms with Gasteiger partial charge in [0.2, 0.25) is 0 Å². The molecule has 0 aliphatic carbocycles. The van der Waals surface area contributed by atoms with Crippen LogP contribution in [0, 0.1) is 5.92 Å². The Bertz CT molecular complexity index is 251. The van der Waals surface area contributed by atoms with E-state index in [0.29, 0.717) is 0 Å².